The zero-order chi connectivity index (χ0) is 20.1. The highest BCUT2D eigenvalue weighted by Gasteiger charge is 1.85. The summed E-state index contributed by atoms with van der Waals surface area (Å²) >= 11 is 0. The molecule has 3 N–H and O–H groups in total. The van der Waals surface area contributed by atoms with Crippen molar-refractivity contribution in [3.63, 3.8) is 0 Å². The first kappa shape index (κ1) is 28.0. The normalized spacial score (nSPS) is 12.2. The van der Waals surface area contributed by atoms with Crippen molar-refractivity contribution in [2.24, 2.45) is 11.8 Å². The van der Waals surface area contributed by atoms with Gasteiger partial charge in [0, 0.05) is 6.61 Å². The Morgan fingerprint density at radius 1 is 1.04 bits per heavy atom. The van der Waals surface area contributed by atoms with Crippen LogP contribution in [0.15, 0.2) is 67.5 Å². The van der Waals surface area contributed by atoms with Crippen LogP contribution in [0.2, 0.25) is 0 Å². The second kappa shape index (κ2) is 22.2. The Hall–Kier alpha value is -1.84. The minimum atomic E-state index is -0.282. The quantitative estimate of drug-likeness (QED) is 0.499. The molecule has 0 fully saturated rings. The van der Waals surface area contributed by atoms with E-state index in [0.29, 0.717) is 5.92 Å². The molecule has 0 bridgehead atoms. The summed E-state index contributed by atoms with van der Waals surface area (Å²) in [7, 11) is 0. The van der Waals surface area contributed by atoms with Gasteiger partial charge < -0.3 is 15.3 Å². The van der Waals surface area contributed by atoms with E-state index < -0.39 is 0 Å². The van der Waals surface area contributed by atoms with Crippen LogP contribution >= 0.6 is 0 Å². The predicted octanol–water partition coefficient (Wildman–Crippen LogP) is 5.45. The molecule has 1 rings (SSSR count). The molecule has 0 aliphatic rings. The molecule has 3 heteroatoms. The second-order valence-corrected chi connectivity index (χ2v) is 5.90. The average Bonchev–Trinajstić information content (AvgIpc) is 2.56. The van der Waals surface area contributed by atoms with Gasteiger partial charge in [0.05, 0.1) is 12.4 Å². The Morgan fingerprint density at radius 2 is 1.56 bits per heavy atom. The maximum absolute atomic E-state index is 8.47. The molecule has 0 radical (unpaired) electrons. The number of hydrogen-bond acceptors (Lipinski definition) is 3. The van der Waals surface area contributed by atoms with Crippen LogP contribution in [0.1, 0.15) is 40.2 Å². The summed E-state index contributed by atoms with van der Waals surface area (Å²) in [6, 6.07) is 10.3. The molecule has 0 saturated carbocycles. The van der Waals surface area contributed by atoms with Crippen LogP contribution in [0, 0.1) is 18.8 Å². The molecule has 0 saturated heterocycles. The van der Waals surface area contributed by atoms with Gasteiger partial charge in [-0.1, -0.05) is 74.9 Å². The van der Waals surface area contributed by atoms with E-state index in [4.69, 9.17) is 15.3 Å². The van der Waals surface area contributed by atoms with Gasteiger partial charge in [0.1, 0.15) is 0 Å². The molecule has 0 aromatic heterocycles. The molecule has 0 amide bonds. The fraction of sp³-hybridized carbons (Fsp3) is 0.455. The molecule has 1 aromatic carbocycles. The van der Waals surface area contributed by atoms with Crippen LogP contribution in [-0.4, -0.2) is 28.0 Å². The summed E-state index contributed by atoms with van der Waals surface area (Å²) in [5.74, 6) is 0.722. The first-order chi connectivity index (χ1) is 11.7. The highest BCUT2D eigenvalue weighted by molar-refractivity contribution is 5.11. The van der Waals surface area contributed by atoms with Crippen molar-refractivity contribution in [1.82, 2.24) is 0 Å². The van der Waals surface area contributed by atoms with E-state index in [0.717, 1.165) is 6.26 Å². The van der Waals surface area contributed by atoms with Crippen LogP contribution in [0.4, 0.5) is 0 Å². The summed E-state index contributed by atoms with van der Waals surface area (Å²) in [5, 5.41) is 24.8. The third-order valence-electron chi connectivity index (χ3n) is 2.57. The van der Waals surface area contributed by atoms with Gasteiger partial charge in [0.2, 0.25) is 0 Å². The minimum Gasteiger partial charge on any atom is -0.516 e. The highest BCUT2D eigenvalue weighted by Crippen LogP contribution is 1.92. The summed E-state index contributed by atoms with van der Waals surface area (Å²) in [5.41, 5.74) is 1.32. The topological polar surface area (TPSA) is 60.7 Å². The minimum absolute atomic E-state index is 0.212. The zero-order valence-corrected chi connectivity index (χ0v) is 16.8. The van der Waals surface area contributed by atoms with Crippen molar-refractivity contribution in [2.45, 2.75) is 47.6 Å². The number of hydrogen-bond donors (Lipinski definition) is 3. The fourth-order valence-electron chi connectivity index (χ4n) is 1.06. The smallest absolute Gasteiger partial charge is 0.0754 e. The van der Waals surface area contributed by atoms with E-state index in [1.54, 1.807) is 25.2 Å². The second-order valence-electron chi connectivity index (χ2n) is 5.90. The molecule has 0 aliphatic heterocycles. The SMILES string of the molecule is C=CC(C)CO.CC(C)C=CO.CC=CC(C)O.Cc1ccccc1. The molecule has 144 valence electrons. The van der Waals surface area contributed by atoms with Crippen molar-refractivity contribution in [1.29, 1.82) is 0 Å². The van der Waals surface area contributed by atoms with Crippen LogP contribution in [0.25, 0.3) is 0 Å². The molecule has 0 spiro atoms. The summed E-state index contributed by atoms with van der Waals surface area (Å²) < 4.78 is 0. The summed E-state index contributed by atoms with van der Waals surface area (Å²) in [6.45, 7) is 15.3. The fourth-order valence-corrected chi connectivity index (χ4v) is 1.06. The van der Waals surface area contributed by atoms with Crippen LogP contribution in [0.5, 0.6) is 0 Å². The third kappa shape index (κ3) is 34.5. The highest BCUT2D eigenvalue weighted by atomic mass is 16.3. The van der Waals surface area contributed by atoms with Crippen molar-refractivity contribution >= 4 is 0 Å². The number of aliphatic hydroxyl groups is 3. The van der Waals surface area contributed by atoms with E-state index in [1.165, 1.54) is 5.56 Å². The van der Waals surface area contributed by atoms with Gasteiger partial charge in [-0.05, 0) is 38.7 Å². The average molecular weight is 351 g/mol. The summed E-state index contributed by atoms with van der Waals surface area (Å²) in [6.07, 6.45) is 7.78. The Bertz CT molecular complexity index is 404. The third-order valence-corrected chi connectivity index (χ3v) is 2.57. The lowest BCUT2D eigenvalue weighted by Crippen LogP contribution is -1.93. The Labute approximate surface area is 155 Å². The zero-order valence-electron chi connectivity index (χ0n) is 16.8. The van der Waals surface area contributed by atoms with Crippen molar-refractivity contribution < 1.29 is 15.3 Å². The Morgan fingerprint density at radius 3 is 1.64 bits per heavy atom. The Kier molecular flexibility index (Phi) is 24.8. The first-order valence-electron chi connectivity index (χ1n) is 8.61. The first-order valence-corrected chi connectivity index (χ1v) is 8.61. The van der Waals surface area contributed by atoms with E-state index in [1.807, 2.05) is 52.0 Å². The van der Waals surface area contributed by atoms with E-state index in [2.05, 4.69) is 25.6 Å². The maximum atomic E-state index is 8.47. The largest absolute Gasteiger partial charge is 0.516 e. The predicted molar refractivity (Wildman–Crippen MR) is 111 cm³/mol. The Balaban J connectivity index is -0.000000259. The van der Waals surface area contributed by atoms with Crippen molar-refractivity contribution in [2.75, 3.05) is 6.61 Å². The molecule has 3 nitrogen and oxygen atoms in total. The lowest BCUT2D eigenvalue weighted by molar-refractivity contribution is 0.244. The molecular weight excluding hydrogens is 312 g/mol. The van der Waals surface area contributed by atoms with Gasteiger partial charge in [-0.15, -0.1) is 6.58 Å². The monoisotopic (exact) mass is 350 g/mol. The molecule has 0 heterocycles. The molecule has 1 aromatic rings. The van der Waals surface area contributed by atoms with Crippen LogP contribution in [0.3, 0.4) is 0 Å². The molecule has 0 aliphatic carbocycles. The molecule has 2 atom stereocenters. The van der Waals surface area contributed by atoms with Gasteiger partial charge >= 0.3 is 0 Å². The maximum Gasteiger partial charge on any atom is 0.0754 e. The van der Waals surface area contributed by atoms with E-state index in [-0.39, 0.29) is 18.6 Å². The van der Waals surface area contributed by atoms with E-state index >= 15 is 0 Å². The number of allylic oxidation sites excluding steroid dienone is 2. The lowest BCUT2D eigenvalue weighted by atomic mass is 10.2. The van der Waals surface area contributed by atoms with Crippen molar-refractivity contribution in [3.05, 3.63) is 73.0 Å². The van der Waals surface area contributed by atoms with Gasteiger partial charge in [-0.2, -0.15) is 0 Å². The van der Waals surface area contributed by atoms with Gasteiger partial charge in [-0.3, -0.25) is 0 Å². The van der Waals surface area contributed by atoms with Crippen LogP contribution < -0.4 is 0 Å². The van der Waals surface area contributed by atoms with Gasteiger partial charge in [0.15, 0.2) is 0 Å². The summed E-state index contributed by atoms with van der Waals surface area (Å²) in [4.78, 5) is 0. The van der Waals surface area contributed by atoms with Gasteiger partial charge in [0.25, 0.3) is 0 Å². The van der Waals surface area contributed by atoms with Gasteiger partial charge in [-0.25, -0.2) is 0 Å². The number of benzene rings is 1. The molecule has 25 heavy (non-hydrogen) atoms. The number of aryl methyl sites for hydroxylation is 1. The number of aliphatic hydroxyl groups excluding tert-OH is 3. The lowest BCUT2D eigenvalue weighted by Gasteiger charge is -1.93. The van der Waals surface area contributed by atoms with Crippen molar-refractivity contribution in [3.8, 4) is 0 Å². The van der Waals surface area contributed by atoms with E-state index in [9.17, 15) is 0 Å². The standard InChI is InChI=1S/C7H8.3C5H10O/c1-7-5-3-2-4-6-7;1-5(2)3-4-6;1-3-5(2)4-6;1-3-4-5(2)6/h2-6H,1H3;3-6H,1-2H3;3,5-6H,1,4H2,2H3;3-6H,1-2H3. The molecule has 2 unspecified atom stereocenters. The van der Waals surface area contributed by atoms with Crippen LogP contribution in [-0.2, 0) is 0 Å². The number of rotatable bonds is 4. The molecular formula is C22H38O3.